The van der Waals surface area contributed by atoms with Gasteiger partial charge < -0.3 is 14.6 Å². The number of rotatable bonds is 8. The highest BCUT2D eigenvalue weighted by atomic mass is 79.9. The van der Waals surface area contributed by atoms with Gasteiger partial charge in [0.25, 0.3) is 0 Å². The molecule has 3 aromatic carbocycles. The van der Waals surface area contributed by atoms with Crippen LogP contribution >= 0.6 is 15.9 Å². The van der Waals surface area contributed by atoms with Gasteiger partial charge in [-0.1, -0.05) is 72.8 Å². The molecule has 154 valence electrons. The molecule has 0 atom stereocenters. The summed E-state index contributed by atoms with van der Waals surface area (Å²) < 4.78 is 12.4. The van der Waals surface area contributed by atoms with Gasteiger partial charge in [0, 0.05) is 5.56 Å². The number of aliphatic hydroxyl groups excluding tert-OH is 1. The summed E-state index contributed by atoms with van der Waals surface area (Å²) in [6, 6.07) is 23.2. The largest absolute Gasteiger partial charge is 0.487 e. The van der Waals surface area contributed by atoms with E-state index < -0.39 is 0 Å². The van der Waals surface area contributed by atoms with Gasteiger partial charge in [-0.05, 0) is 27.1 Å². The molecule has 0 fully saturated rings. The highest BCUT2D eigenvalue weighted by Crippen LogP contribution is 2.43. The van der Waals surface area contributed by atoms with Crippen molar-refractivity contribution in [3.63, 3.8) is 0 Å². The molecule has 3 aromatic rings. The number of aliphatic hydroxyl groups is 1. The van der Waals surface area contributed by atoms with E-state index in [0.717, 1.165) is 11.1 Å². The van der Waals surface area contributed by atoms with Gasteiger partial charge in [-0.3, -0.25) is 0 Å². The average Bonchev–Trinajstić information content (AvgIpc) is 2.82. The molecule has 0 heterocycles. The molecule has 1 N–H and O–H groups in total. The van der Waals surface area contributed by atoms with Gasteiger partial charge in [0.05, 0.1) is 11.1 Å². The van der Waals surface area contributed by atoms with Crippen LogP contribution < -0.4 is 9.47 Å². The van der Waals surface area contributed by atoms with Crippen molar-refractivity contribution >= 4 is 22.0 Å². The molecular weight excluding hydrogens is 456 g/mol. The molecule has 0 aliphatic heterocycles. The molecule has 0 amide bonds. The van der Waals surface area contributed by atoms with Crippen LogP contribution in [0.3, 0.4) is 0 Å². The number of hydrogen-bond acceptors (Lipinski definition) is 5. The van der Waals surface area contributed by atoms with E-state index in [1.165, 1.54) is 6.08 Å². The summed E-state index contributed by atoms with van der Waals surface area (Å²) in [5.41, 5.74) is 2.54. The molecule has 3 rings (SSSR count). The van der Waals surface area contributed by atoms with Crippen LogP contribution in [0.2, 0.25) is 0 Å². The molecule has 0 aromatic heterocycles. The number of hydrogen-bond donors (Lipinski definition) is 1. The summed E-state index contributed by atoms with van der Waals surface area (Å²) in [5, 5.41) is 28.9. The fourth-order valence-electron chi connectivity index (χ4n) is 2.97. The van der Waals surface area contributed by atoms with Crippen LogP contribution in [0.15, 0.2) is 71.2 Å². The lowest BCUT2D eigenvalue weighted by Crippen LogP contribution is -2.06. The Bertz CT molecular complexity index is 1150. The van der Waals surface area contributed by atoms with Gasteiger partial charge in [-0.2, -0.15) is 10.5 Å². The predicted octanol–water partition coefficient (Wildman–Crippen LogP) is 5.36. The first-order chi connectivity index (χ1) is 15.2. The zero-order chi connectivity index (χ0) is 22.1. The predicted molar refractivity (Wildman–Crippen MR) is 121 cm³/mol. The van der Waals surface area contributed by atoms with Gasteiger partial charge in [-0.25, -0.2) is 0 Å². The fraction of sp³-hybridized carbons (Fsp3) is 0.120. The molecule has 0 radical (unpaired) electrons. The van der Waals surface area contributed by atoms with Gasteiger partial charge in [0.1, 0.15) is 42.2 Å². The minimum absolute atomic E-state index is 0.0854. The summed E-state index contributed by atoms with van der Waals surface area (Å²) in [6.45, 7) is 0.260. The summed E-state index contributed by atoms with van der Waals surface area (Å²) >= 11 is 3.52. The van der Waals surface area contributed by atoms with Crippen LogP contribution in [-0.2, 0) is 13.2 Å². The fourth-order valence-corrected chi connectivity index (χ4v) is 3.60. The zero-order valence-electron chi connectivity index (χ0n) is 16.6. The summed E-state index contributed by atoms with van der Waals surface area (Å²) in [6.07, 6.45) is 3.17. The molecule has 5 nitrogen and oxygen atoms in total. The van der Waals surface area contributed by atoms with Crippen molar-refractivity contribution in [1.29, 1.82) is 10.5 Å². The van der Waals surface area contributed by atoms with Crippen LogP contribution in [0, 0.1) is 22.7 Å². The summed E-state index contributed by atoms with van der Waals surface area (Å²) in [7, 11) is 0. The lowest BCUT2D eigenvalue weighted by atomic mass is 10.0. The number of ether oxygens (including phenoxy) is 2. The summed E-state index contributed by atoms with van der Waals surface area (Å²) in [5.74, 6) is 0.513. The molecule has 0 unspecified atom stereocenters. The van der Waals surface area contributed by atoms with E-state index in [1.54, 1.807) is 6.08 Å². The quantitative estimate of drug-likeness (QED) is 0.474. The molecular formula is C25H19BrN2O3. The van der Waals surface area contributed by atoms with Crippen molar-refractivity contribution in [2.45, 2.75) is 13.2 Å². The molecule has 0 spiro atoms. The number of nitriles is 2. The molecule has 0 bridgehead atoms. The maximum Gasteiger partial charge on any atom is 0.153 e. The van der Waals surface area contributed by atoms with Crippen molar-refractivity contribution in [2.75, 3.05) is 6.61 Å². The van der Waals surface area contributed by atoms with Gasteiger partial charge >= 0.3 is 0 Å². The van der Waals surface area contributed by atoms with Crippen LogP contribution in [0.5, 0.6) is 11.5 Å². The van der Waals surface area contributed by atoms with E-state index in [2.05, 4.69) is 28.1 Å². The Labute approximate surface area is 189 Å². The molecule has 6 heteroatoms. The Morgan fingerprint density at radius 2 is 1.29 bits per heavy atom. The third-order valence-corrected chi connectivity index (χ3v) is 5.24. The smallest absolute Gasteiger partial charge is 0.153 e. The standard InChI is InChI=1S/C25H19BrN2O3/c26-23-20(12-7-13-29)24(30-16-18-8-3-1-4-9-18)21(14-27)22(15-28)25(23)31-17-19-10-5-2-6-11-19/h1-12,29H,13,16-17H2. The van der Waals surface area contributed by atoms with E-state index in [0.29, 0.717) is 10.0 Å². The second-order valence-corrected chi connectivity index (χ2v) is 7.29. The average molecular weight is 475 g/mol. The van der Waals surface area contributed by atoms with Crippen molar-refractivity contribution in [2.24, 2.45) is 0 Å². The molecule has 0 saturated heterocycles. The topological polar surface area (TPSA) is 86.3 Å². The van der Waals surface area contributed by atoms with Crippen molar-refractivity contribution in [1.82, 2.24) is 0 Å². The van der Waals surface area contributed by atoms with Crippen LogP contribution in [0.4, 0.5) is 0 Å². The highest BCUT2D eigenvalue weighted by Gasteiger charge is 2.24. The Kier molecular flexibility index (Phi) is 7.84. The third kappa shape index (κ3) is 5.32. The maximum absolute atomic E-state index is 9.85. The first-order valence-corrected chi connectivity index (χ1v) is 10.3. The van der Waals surface area contributed by atoms with E-state index in [9.17, 15) is 15.6 Å². The minimum atomic E-state index is -0.188. The van der Waals surface area contributed by atoms with Crippen molar-refractivity contribution in [3.8, 4) is 23.6 Å². The molecule has 0 saturated carbocycles. The first-order valence-electron chi connectivity index (χ1n) is 9.50. The Hall–Kier alpha value is -3.58. The van der Waals surface area contributed by atoms with Crippen LogP contribution in [-0.4, -0.2) is 11.7 Å². The van der Waals surface area contributed by atoms with Crippen LogP contribution in [0.25, 0.3) is 6.08 Å². The Balaban J connectivity index is 2.07. The third-order valence-electron chi connectivity index (χ3n) is 4.45. The van der Waals surface area contributed by atoms with E-state index in [4.69, 9.17) is 9.47 Å². The second kappa shape index (κ2) is 11.0. The van der Waals surface area contributed by atoms with Gasteiger partial charge in [0.2, 0.25) is 0 Å². The second-order valence-electron chi connectivity index (χ2n) is 6.49. The van der Waals surface area contributed by atoms with E-state index in [1.807, 2.05) is 60.7 Å². The van der Waals surface area contributed by atoms with Gasteiger partial charge in [-0.15, -0.1) is 0 Å². The molecule has 0 aliphatic carbocycles. The number of halogens is 1. The summed E-state index contributed by atoms with van der Waals surface area (Å²) in [4.78, 5) is 0. The Morgan fingerprint density at radius 1 is 0.806 bits per heavy atom. The van der Waals surface area contributed by atoms with E-state index in [-0.39, 0.29) is 42.4 Å². The minimum Gasteiger partial charge on any atom is -0.487 e. The monoisotopic (exact) mass is 474 g/mol. The Morgan fingerprint density at radius 3 is 1.77 bits per heavy atom. The lowest BCUT2D eigenvalue weighted by molar-refractivity contribution is 0.293. The van der Waals surface area contributed by atoms with Crippen molar-refractivity contribution in [3.05, 3.63) is 99.0 Å². The molecule has 31 heavy (non-hydrogen) atoms. The molecule has 0 aliphatic rings. The van der Waals surface area contributed by atoms with Crippen LogP contribution in [0.1, 0.15) is 27.8 Å². The van der Waals surface area contributed by atoms with Gasteiger partial charge in [0.15, 0.2) is 5.75 Å². The van der Waals surface area contributed by atoms with E-state index >= 15 is 0 Å². The number of nitrogens with zero attached hydrogens (tertiary/aromatic N) is 2. The van der Waals surface area contributed by atoms with Crippen molar-refractivity contribution < 1.29 is 14.6 Å². The lowest BCUT2D eigenvalue weighted by Gasteiger charge is -2.18. The SMILES string of the molecule is N#Cc1c(C#N)c(OCc2ccccc2)c(C=CCO)c(Br)c1OCc1ccccc1. The normalized spacial score (nSPS) is 10.5. The highest BCUT2D eigenvalue weighted by molar-refractivity contribution is 9.10. The maximum atomic E-state index is 9.85. The zero-order valence-corrected chi connectivity index (χ0v) is 18.2. The number of benzene rings is 3. The first kappa shape index (κ1) is 22.1.